The molecule has 14 heteroatoms. The van der Waals surface area contributed by atoms with Crippen LogP contribution in [0.2, 0.25) is 0 Å². The molecule has 1 unspecified atom stereocenters. The molecule has 3 aliphatic rings. The third-order valence-corrected chi connectivity index (χ3v) is 9.03. The van der Waals surface area contributed by atoms with Gasteiger partial charge >= 0.3 is 69.4 Å². The van der Waals surface area contributed by atoms with Crippen LogP contribution in [0.3, 0.4) is 0 Å². The topological polar surface area (TPSA) is 195 Å². The molecule has 0 radical (unpaired) electrons. The average molecular weight is 666 g/mol. The van der Waals surface area contributed by atoms with Crippen LogP contribution in [-0.2, 0) is 46.4 Å². The zero-order valence-corrected chi connectivity index (χ0v) is 24.7. The SMILES string of the molecule is CC(OC(N)=O)(C1=C(C(=O)O)N2C(=O)[C@@H]3[C@H]2[C@H](C1)CN3C(=O)[C@@](N)(C(=O)OCc1ccccc1)c1ccccc1)c1ccncc1.[KH]. The van der Waals surface area contributed by atoms with Gasteiger partial charge in [-0.15, -0.1) is 0 Å². The van der Waals surface area contributed by atoms with Crippen molar-refractivity contribution in [2.24, 2.45) is 17.4 Å². The van der Waals surface area contributed by atoms with Crippen molar-refractivity contribution in [1.29, 1.82) is 0 Å². The van der Waals surface area contributed by atoms with Crippen LogP contribution >= 0.6 is 0 Å². The van der Waals surface area contributed by atoms with Crippen molar-refractivity contribution in [3.63, 3.8) is 0 Å². The summed E-state index contributed by atoms with van der Waals surface area (Å²) in [6.07, 6.45) is 1.78. The molecule has 2 aromatic carbocycles. The van der Waals surface area contributed by atoms with Crippen molar-refractivity contribution in [2.75, 3.05) is 6.54 Å². The van der Waals surface area contributed by atoms with Gasteiger partial charge in [0.1, 0.15) is 18.3 Å². The van der Waals surface area contributed by atoms with Crippen molar-refractivity contribution in [3.8, 4) is 0 Å². The summed E-state index contributed by atoms with van der Waals surface area (Å²) >= 11 is 0. The quantitative estimate of drug-likeness (QED) is 0.129. The molecule has 6 rings (SSSR count). The van der Waals surface area contributed by atoms with E-state index >= 15 is 0 Å². The van der Waals surface area contributed by atoms with E-state index < -0.39 is 59.0 Å². The third-order valence-electron chi connectivity index (χ3n) is 9.03. The van der Waals surface area contributed by atoms with Crippen molar-refractivity contribution < 1.29 is 38.6 Å². The van der Waals surface area contributed by atoms with E-state index in [4.69, 9.17) is 20.9 Å². The van der Waals surface area contributed by atoms with Gasteiger partial charge in [-0.05, 0) is 36.6 Å². The Morgan fingerprint density at radius 2 is 1.60 bits per heavy atom. The van der Waals surface area contributed by atoms with Crippen molar-refractivity contribution in [1.82, 2.24) is 14.8 Å². The van der Waals surface area contributed by atoms with Gasteiger partial charge in [-0.3, -0.25) is 19.5 Å². The summed E-state index contributed by atoms with van der Waals surface area (Å²) in [7, 11) is 0. The van der Waals surface area contributed by atoms with Gasteiger partial charge in [0.25, 0.3) is 11.8 Å². The van der Waals surface area contributed by atoms with Gasteiger partial charge in [-0.2, -0.15) is 0 Å². The van der Waals surface area contributed by atoms with E-state index in [0.717, 1.165) is 4.90 Å². The van der Waals surface area contributed by atoms with Gasteiger partial charge in [-0.1, -0.05) is 60.7 Å². The number of carboxylic acid groups (broad SMARTS) is 1. The average Bonchev–Trinajstić information content (AvgIpc) is 3.43. The minimum absolute atomic E-state index is 0. The first-order valence-electron chi connectivity index (χ1n) is 14.5. The van der Waals surface area contributed by atoms with Crippen LogP contribution < -0.4 is 11.5 Å². The number of carbonyl (C=O) groups is 5. The Labute approximate surface area is 312 Å². The molecule has 0 saturated carbocycles. The Kier molecular flexibility index (Phi) is 9.73. The number of esters is 1. The number of hydrogen-bond donors (Lipinski definition) is 3. The number of benzene rings is 2. The number of aromatic nitrogens is 1. The van der Waals surface area contributed by atoms with Gasteiger partial charge in [-0.25, -0.2) is 14.4 Å². The van der Waals surface area contributed by atoms with E-state index in [2.05, 4.69) is 4.98 Å². The fourth-order valence-corrected chi connectivity index (χ4v) is 6.83. The number of carbonyl (C=O) groups excluding carboxylic acids is 4. The minimum atomic E-state index is -2.31. The van der Waals surface area contributed by atoms with Crippen LogP contribution in [-0.4, -0.2) is 120 Å². The first-order valence-corrected chi connectivity index (χ1v) is 14.5. The molecule has 3 aromatic rings. The summed E-state index contributed by atoms with van der Waals surface area (Å²) in [6, 6.07) is 18.2. The molecule has 2 saturated heterocycles. The maximum atomic E-state index is 14.4. The molecule has 3 aliphatic heterocycles. The number of pyridine rings is 1. The monoisotopic (exact) mass is 665 g/mol. The van der Waals surface area contributed by atoms with Crippen molar-refractivity contribution >= 4 is 81.2 Å². The molecule has 0 bridgehead atoms. The van der Waals surface area contributed by atoms with Crippen molar-refractivity contribution in [3.05, 3.63) is 113 Å². The Morgan fingerprint density at radius 1 is 0.979 bits per heavy atom. The molecule has 3 amide bonds. The second kappa shape index (κ2) is 13.3. The number of β-lactam (4-membered cyclic amide) rings is 1. The first-order chi connectivity index (χ1) is 22.0. The number of carboxylic acids is 1. The molecule has 0 spiro atoms. The van der Waals surface area contributed by atoms with Crippen molar-refractivity contribution in [2.45, 2.75) is 43.2 Å². The van der Waals surface area contributed by atoms with E-state index in [1.165, 1.54) is 36.4 Å². The number of hydrogen-bond acceptors (Lipinski definition) is 9. The number of nitrogens with two attached hydrogens (primary N) is 2. The molecular formula is C33H32KN5O8. The second-order valence-electron chi connectivity index (χ2n) is 11.6. The predicted octanol–water partition coefficient (Wildman–Crippen LogP) is 1.12. The van der Waals surface area contributed by atoms with Crippen LogP contribution in [0.25, 0.3) is 0 Å². The van der Waals surface area contributed by atoms with Gasteiger partial charge in [0.15, 0.2) is 5.60 Å². The normalized spacial score (nSPS) is 22.1. The summed E-state index contributed by atoms with van der Waals surface area (Å²) in [5.41, 5.74) is 9.15. The Morgan fingerprint density at radius 3 is 2.19 bits per heavy atom. The van der Waals surface area contributed by atoms with Gasteiger partial charge in [0.2, 0.25) is 5.54 Å². The number of likely N-dealkylation sites (tertiary alicyclic amines) is 1. The predicted molar refractivity (Wildman–Crippen MR) is 167 cm³/mol. The molecule has 0 aliphatic carbocycles. The summed E-state index contributed by atoms with van der Waals surface area (Å²) in [6.45, 7) is 1.32. The zero-order valence-electron chi connectivity index (χ0n) is 24.7. The van der Waals surface area contributed by atoms with Crippen LogP contribution in [0.1, 0.15) is 30.0 Å². The Hall–Kier alpha value is -3.92. The van der Waals surface area contributed by atoms with E-state index in [1.54, 1.807) is 54.6 Å². The fraction of sp³-hybridized carbons (Fsp3) is 0.273. The summed E-state index contributed by atoms with van der Waals surface area (Å²) in [5, 5.41) is 10.4. The number of primary amides is 1. The van der Waals surface area contributed by atoms with Gasteiger partial charge in [0.05, 0.1) is 6.04 Å². The molecule has 238 valence electrons. The van der Waals surface area contributed by atoms with E-state index in [9.17, 15) is 29.1 Å². The van der Waals surface area contributed by atoms with Crippen LogP contribution in [0.5, 0.6) is 0 Å². The number of ether oxygens (including phenoxy) is 2. The molecule has 5 N–H and O–H groups in total. The number of rotatable bonds is 9. The Balaban J connectivity index is 0.00000433. The third kappa shape index (κ3) is 5.79. The summed E-state index contributed by atoms with van der Waals surface area (Å²) in [4.78, 5) is 73.1. The molecule has 2 fully saturated rings. The summed E-state index contributed by atoms with van der Waals surface area (Å²) < 4.78 is 11.1. The molecular weight excluding hydrogens is 633 g/mol. The molecule has 13 nitrogen and oxygen atoms in total. The zero-order chi connectivity index (χ0) is 32.8. The standard InChI is InChI=1S/C33H31N5O8.K.H/c1-32(46-31(34)44,21-12-14-36-15-13-21)23-16-20-17-37(26-24(20)38(27(26)39)25(23)28(40)41)29(42)33(35,22-10-6-3-7-11-22)30(43)45-18-19-8-4-2-5-9-19;;/h2-15,20,24,26H,16-18,35H2,1H3,(H2,34,44)(H,40,41);;/t20-,24-,26+,32?,33-;;/m1../s1. The number of aliphatic carboxylic acids is 1. The molecule has 4 heterocycles. The maximum absolute atomic E-state index is 14.4. The van der Waals surface area contributed by atoms with E-state index in [-0.39, 0.29) is 87.8 Å². The Bertz CT molecular complexity index is 1760. The van der Waals surface area contributed by atoms with Gasteiger partial charge < -0.3 is 30.9 Å². The van der Waals surface area contributed by atoms with Gasteiger partial charge in [0, 0.05) is 36.0 Å². The second-order valence-corrected chi connectivity index (χ2v) is 11.6. The van der Waals surface area contributed by atoms with Crippen LogP contribution in [0.4, 0.5) is 4.79 Å². The van der Waals surface area contributed by atoms with E-state index in [0.29, 0.717) is 11.1 Å². The fourth-order valence-electron chi connectivity index (χ4n) is 6.83. The number of amides is 3. The number of nitrogens with zero attached hydrogens (tertiary/aromatic N) is 3. The molecule has 5 atom stereocenters. The summed E-state index contributed by atoms with van der Waals surface area (Å²) in [5.74, 6) is -4.42. The molecule has 1 aromatic heterocycles. The van der Waals surface area contributed by atoms with Crippen LogP contribution in [0.15, 0.2) is 96.5 Å². The molecule has 47 heavy (non-hydrogen) atoms. The van der Waals surface area contributed by atoms with E-state index in [1.807, 2.05) is 6.07 Å². The first kappa shape index (κ1) is 34.4. The van der Waals surface area contributed by atoms with Crippen LogP contribution in [0, 0.1) is 5.92 Å².